The van der Waals surface area contributed by atoms with Gasteiger partial charge in [-0.15, -0.1) is 11.7 Å². The number of thiol groups is 1. The van der Waals surface area contributed by atoms with Crippen molar-refractivity contribution >= 4 is 34.3 Å². The predicted octanol–water partition coefficient (Wildman–Crippen LogP) is 5.45. The largest absolute Gasteiger partial charge is 0.339 e. The van der Waals surface area contributed by atoms with E-state index in [0.717, 1.165) is 23.4 Å². The van der Waals surface area contributed by atoms with Crippen molar-refractivity contribution in [3.63, 3.8) is 0 Å². The molecule has 2 amide bonds. The third-order valence-corrected chi connectivity index (χ3v) is 6.02. The first-order valence-corrected chi connectivity index (χ1v) is 12.8. The van der Waals surface area contributed by atoms with Crippen molar-refractivity contribution in [3.05, 3.63) is 24.0 Å². The molecule has 1 rings (SSSR count). The van der Waals surface area contributed by atoms with Gasteiger partial charge in [-0.05, 0) is 25.0 Å². The molecule has 0 unspecified atom stereocenters. The number of nitrogens with zero attached hydrogens (tertiary/aromatic N) is 1. The average molecular weight is 440 g/mol. The summed E-state index contributed by atoms with van der Waals surface area (Å²) >= 11 is 4.20. The lowest BCUT2D eigenvalue weighted by atomic mass is 10.1. The number of unbranched alkanes of at least 4 members (excludes halogenated alkanes) is 9. The highest BCUT2D eigenvalue weighted by molar-refractivity contribution is 8.68. The third kappa shape index (κ3) is 13.6. The Morgan fingerprint density at radius 2 is 1.52 bits per heavy atom. The van der Waals surface area contributed by atoms with E-state index in [1.54, 1.807) is 6.20 Å². The summed E-state index contributed by atoms with van der Waals surface area (Å²) in [6.07, 6.45) is 15.7. The van der Waals surface area contributed by atoms with Gasteiger partial charge < -0.3 is 10.6 Å². The molecule has 0 aromatic carbocycles. The lowest BCUT2D eigenvalue weighted by Gasteiger charge is -2.08. The van der Waals surface area contributed by atoms with Crippen LogP contribution in [0.2, 0.25) is 0 Å². The smallest absolute Gasteiger partial charge is 0.221 e. The van der Waals surface area contributed by atoms with Crippen molar-refractivity contribution in [1.29, 1.82) is 0 Å². The second-order valence-electron chi connectivity index (χ2n) is 7.35. The van der Waals surface area contributed by atoms with Crippen LogP contribution >= 0.6 is 22.5 Å². The molecular weight excluding hydrogens is 402 g/mol. The van der Waals surface area contributed by atoms with E-state index in [-0.39, 0.29) is 18.5 Å². The molecule has 29 heavy (non-hydrogen) atoms. The van der Waals surface area contributed by atoms with Crippen molar-refractivity contribution in [3.8, 4) is 0 Å². The highest BCUT2D eigenvalue weighted by Gasteiger charge is 2.07. The summed E-state index contributed by atoms with van der Waals surface area (Å²) in [6, 6.07) is 3.79. The van der Waals surface area contributed by atoms with E-state index in [0.29, 0.717) is 19.3 Å². The number of carbonyl (C=O) groups excluding carboxylic acids is 2. The zero-order chi connectivity index (χ0) is 21.2. The van der Waals surface area contributed by atoms with Gasteiger partial charge in [-0.1, -0.05) is 75.5 Å². The van der Waals surface area contributed by atoms with E-state index in [1.807, 2.05) is 12.1 Å². The quantitative estimate of drug-likeness (QED) is 0.131. The zero-order valence-electron chi connectivity index (χ0n) is 17.8. The molecule has 0 saturated heterocycles. The van der Waals surface area contributed by atoms with Crippen molar-refractivity contribution in [2.24, 2.45) is 0 Å². The zero-order valence-corrected chi connectivity index (χ0v) is 19.5. The van der Waals surface area contributed by atoms with Gasteiger partial charge in [-0.25, -0.2) is 0 Å². The first-order chi connectivity index (χ1) is 14.2. The molecule has 1 heterocycles. The Morgan fingerprint density at radius 1 is 0.931 bits per heavy atom. The van der Waals surface area contributed by atoms with Crippen LogP contribution in [0.25, 0.3) is 0 Å². The first kappa shape index (κ1) is 25.8. The second-order valence-corrected chi connectivity index (χ2v) is 8.52. The van der Waals surface area contributed by atoms with Crippen LogP contribution in [0, 0.1) is 0 Å². The summed E-state index contributed by atoms with van der Waals surface area (Å²) in [5.74, 6) is -0.0895. The minimum atomic E-state index is -0.0926. The Morgan fingerprint density at radius 3 is 2.14 bits per heavy atom. The molecule has 0 aliphatic rings. The fourth-order valence-corrected chi connectivity index (χ4v) is 4.02. The number of pyridine rings is 1. The average Bonchev–Trinajstić information content (AvgIpc) is 2.73. The third-order valence-electron chi connectivity index (χ3n) is 4.86. The molecule has 2 N–H and O–H groups in total. The Kier molecular flexibility index (Phi) is 15.7. The number of aromatic nitrogens is 1. The maximum absolute atomic E-state index is 11.9. The number of hydrogen-bond donors (Lipinski definition) is 3. The van der Waals surface area contributed by atoms with Crippen LogP contribution in [0.3, 0.4) is 0 Å². The molecule has 1 aromatic heterocycles. The number of amides is 2. The van der Waals surface area contributed by atoms with Crippen LogP contribution in [0.4, 0.5) is 0 Å². The molecule has 0 saturated carbocycles. The first-order valence-electron chi connectivity index (χ1n) is 11.0. The standard InChI is InChI=1S/C22H37N3O2S2/c1-2-3-4-5-6-7-8-9-10-11-14-21(26)24-18-25-22(27)16-15-19-20(29-28)13-12-17-23-19/h12-13,17,28H,2-11,14-16,18H2,1H3,(H,24,26)(H,25,27). The van der Waals surface area contributed by atoms with Crippen molar-refractivity contribution in [1.82, 2.24) is 15.6 Å². The molecule has 0 aliphatic carbocycles. The lowest BCUT2D eigenvalue weighted by molar-refractivity contribution is -0.122. The van der Waals surface area contributed by atoms with Gasteiger partial charge in [0.2, 0.25) is 11.8 Å². The van der Waals surface area contributed by atoms with Crippen molar-refractivity contribution in [2.75, 3.05) is 6.67 Å². The molecule has 5 nitrogen and oxygen atoms in total. The Hall–Kier alpha value is -1.21. The van der Waals surface area contributed by atoms with E-state index < -0.39 is 0 Å². The maximum atomic E-state index is 11.9. The van der Waals surface area contributed by atoms with Gasteiger partial charge in [0.15, 0.2) is 0 Å². The molecular formula is C22H37N3O2S2. The van der Waals surface area contributed by atoms with Crippen molar-refractivity contribution < 1.29 is 9.59 Å². The Balaban J connectivity index is 1.97. The van der Waals surface area contributed by atoms with E-state index in [2.05, 4.69) is 34.2 Å². The molecule has 1 aromatic rings. The second kappa shape index (κ2) is 17.6. The van der Waals surface area contributed by atoms with Gasteiger partial charge in [0.1, 0.15) is 0 Å². The van der Waals surface area contributed by atoms with Crippen LogP contribution in [0.5, 0.6) is 0 Å². The van der Waals surface area contributed by atoms with Crippen molar-refractivity contribution in [2.45, 2.75) is 95.3 Å². The van der Waals surface area contributed by atoms with Gasteiger partial charge in [0, 0.05) is 23.9 Å². The molecule has 164 valence electrons. The number of rotatable bonds is 17. The normalized spacial score (nSPS) is 10.7. The molecule has 0 radical (unpaired) electrons. The summed E-state index contributed by atoms with van der Waals surface area (Å²) in [6.45, 7) is 2.43. The summed E-state index contributed by atoms with van der Waals surface area (Å²) in [5.41, 5.74) is 0.868. The van der Waals surface area contributed by atoms with E-state index in [9.17, 15) is 9.59 Å². The molecule has 0 atom stereocenters. The lowest BCUT2D eigenvalue weighted by Crippen LogP contribution is -2.37. The van der Waals surface area contributed by atoms with Crippen LogP contribution in [-0.2, 0) is 16.0 Å². The fourth-order valence-electron chi connectivity index (χ4n) is 3.12. The summed E-state index contributed by atoms with van der Waals surface area (Å²) < 4.78 is 0. The topological polar surface area (TPSA) is 71.1 Å². The summed E-state index contributed by atoms with van der Waals surface area (Å²) in [5, 5.41) is 5.50. The Bertz CT molecular complexity index is 585. The van der Waals surface area contributed by atoms with Crippen LogP contribution in [0.15, 0.2) is 23.2 Å². The Labute approximate surface area is 185 Å². The summed E-state index contributed by atoms with van der Waals surface area (Å²) in [7, 11) is 1.33. The number of hydrogen-bond acceptors (Lipinski definition) is 5. The SMILES string of the molecule is CCCCCCCCCCCCC(=O)NCNC(=O)CCc1ncccc1SS. The molecule has 0 fully saturated rings. The maximum Gasteiger partial charge on any atom is 0.221 e. The van der Waals surface area contributed by atoms with Gasteiger partial charge >= 0.3 is 0 Å². The van der Waals surface area contributed by atoms with Gasteiger partial charge in [0.05, 0.1) is 12.4 Å². The minimum Gasteiger partial charge on any atom is -0.339 e. The van der Waals surface area contributed by atoms with Gasteiger partial charge in [0.25, 0.3) is 0 Å². The molecule has 0 aliphatic heterocycles. The molecule has 0 bridgehead atoms. The van der Waals surface area contributed by atoms with E-state index in [4.69, 9.17) is 0 Å². The monoisotopic (exact) mass is 439 g/mol. The van der Waals surface area contributed by atoms with Gasteiger partial charge in [-0.2, -0.15) is 0 Å². The molecule has 7 heteroatoms. The predicted molar refractivity (Wildman–Crippen MR) is 125 cm³/mol. The van der Waals surface area contributed by atoms with Crippen LogP contribution in [-0.4, -0.2) is 23.5 Å². The number of carbonyl (C=O) groups is 2. The summed E-state index contributed by atoms with van der Waals surface area (Å²) in [4.78, 5) is 29.0. The van der Waals surface area contributed by atoms with Gasteiger partial charge in [-0.3, -0.25) is 14.6 Å². The van der Waals surface area contributed by atoms with E-state index in [1.165, 1.54) is 62.2 Å². The fraction of sp³-hybridized carbons (Fsp3) is 0.682. The number of nitrogens with one attached hydrogen (secondary N) is 2. The van der Waals surface area contributed by atoms with Crippen LogP contribution in [0.1, 0.15) is 89.7 Å². The number of aryl methyl sites for hydroxylation is 1. The highest BCUT2D eigenvalue weighted by Crippen LogP contribution is 2.24. The van der Waals surface area contributed by atoms with E-state index >= 15 is 0 Å². The van der Waals surface area contributed by atoms with Crippen LogP contribution < -0.4 is 10.6 Å². The minimum absolute atomic E-state index is 0.00310. The highest BCUT2D eigenvalue weighted by atomic mass is 33.1. The molecule has 0 spiro atoms.